The molecule has 0 aromatic heterocycles. The van der Waals surface area contributed by atoms with Crippen LogP contribution in [-0.4, -0.2) is 49.9 Å². The SMILES string of the molecule is C[C@@H]1CN(c2ccc(N/C=C3\CN=Cc4ccc(I)cc43)cc2)[C@@H](C)CN1C. The van der Waals surface area contributed by atoms with Gasteiger partial charge in [-0.2, -0.15) is 0 Å². The summed E-state index contributed by atoms with van der Waals surface area (Å²) >= 11 is 2.36. The minimum atomic E-state index is 0.529. The summed E-state index contributed by atoms with van der Waals surface area (Å²) in [4.78, 5) is 9.45. The van der Waals surface area contributed by atoms with Gasteiger partial charge >= 0.3 is 0 Å². The zero-order valence-corrected chi connectivity index (χ0v) is 18.8. The van der Waals surface area contributed by atoms with Crippen molar-refractivity contribution >= 4 is 45.8 Å². The second-order valence-electron chi connectivity index (χ2n) is 7.85. The molecule has 2 aromatic carbocycles. The molecule has 1 N–H and O–H groups in total. The third-order valence-corrected chi connectivity index (χ3v) is 6.43. The van der Waals surface area contributed by atoms with Gasteiger partial charge in [0.2, 0.25) is 0 Å². The van der Waals surface area contributed by atoms with Crippen molar-refractivity contribution in [2.45, 2.75) is 25.9 Å². The van der Waals surface area contributed by atoms with Crippen molar-refractivity contribution in [3.8, 4) is 0 Å². The Hall–Kier alpha value is -1.86. The molecule has 5 heteroatoms. The molecule has 0 bridgehead atoms. The van der Waals surface area contributed by atoms with Crippen LogP contribution in [0.1, 0.15) is 25.0 Å². The zero-order chi connectivity index (χ0) is 19.7. The Morgan fingerprint density at radius 3 is 2.64 bits per heavy atom. The van der Waals surface area contributed by atoms with E-state index in [0.29, 0.717) is 12.1 Å². The first kappa shape index (κ1) is 19.5. The van der Waals surface area contributed by atoms with Gasteiger partial charge in [-0.25, -0.2) is 0 Å². The van der Waals surface area contributed by atoms with E-state index in [9.17, 15) is 0 Å². The average molecular weight is 486 g/mol. The van der Waals surface area contributed by atoms with Crippen LogP contribution in [0.5, 0.6) is 0 Å². The fourth-order valence-electron chi connectivity index (χ4n) is 3.95. The maximum Gasteiger partial charge on any atom is 0.0660 e. The predicted octanol–water partition coefficient (Wildman–Crippen LogP) is 4.71. The molecule has 1 fully saturated rings. The molecule has 2 aliphatic heterocycles. The van der Waals surface area contributed by atoms with Gasteiger partial charge in [0, 0.05) is 52.5 Å². The van der Waals surface area contributed by atoms with Gasteiger partial charge in [-0.3, -0.25) is 9.89 Å². The molecule has 0 aliphatic carbocycles. The number of hydrogen-bond acceptors (Lipinski definition) is 4. The maximum atomic E-state index is 4.49. The number of anilines is 2. The van der Waals surface area contributed by atoms with Crippen molar-refractivity contribution < 1.29 is 0 Å². The van der Waals surface area contributed by atoms with Gasteiger partial charge in [0.05, 0.1) is 6.54 Å². The Bertz CT molecular complexity index is 903. The van der Waals surface area contributed by atoms with Crippen molar-refractivity contribution in [3.63, 3.8) is 0 Å². The largest absolute Gasteiger partial charge is 0.366 e. The lowest BCUT2D eigenvalue weighted by Gasteiger charge is -2.43. The Morgan fingerprint density at radius 2 is 1.86 bits per heavy atom. The molecule has 0 radical (unpaired) electrons. The quantitative estimate of drug-likeness (QED) is 0.638. The van der Waals surface area contributed by atoms with Gasteiger partial charge < -0.3 is 10.2 Å². The standard InChI is InChI=1S/C23H27IN4/c1-16-15-28(17(2)14-27(16)3)22-8-6-21(7-9-22)26-13-19-12-25-11-18-4-5-20(24)10-23(18)19/h4-11,13,16-17,26H,12,14-15H2,1-3H3/b19-13+/t16-,17+/m1/s1. The molecule has 0 saturated carbocycles. The fourth-order valence-corrected chi connectivity index (χ4v) is 4.44. The van der Waals surface area contributed by atoms with E-state index in [4.69, 9.17) is 0 Å². The van der Waals surface area contributed by atoms with E-state index in [-0.39, 0.29) is 0 Å². The molecule has 4 rings (SSSR count). The molecule has 146 valence electrons. The van der Waals surface area contributed by atoms with E-state index in [1.165, 1.54) is 26.0 Å². The molecule has 0 unspecified atom stereocenters. The third-order valence-electron chi connectivity index (χ3n) is 5.76. The van der Waals surface area contributed by atoms with E-state index >= 15 is 0 Å². The van der Waals surface area contributed by atoms with Crippen LogP contribution in [0.3, 0.4) is 0 Å². The van der Waals surface area contributed by atoms with Gasteiger partial charge in [0.1, 0.15) is 0 Å². The molecular weight excluding hydrogens is 459 g/mol. The predicted molar refractivity (Wildman–Crippen MR) is 129 cm³/mol. The number of aliphatic imine (C=N–C) groups is 1. The normalized spacial score (nSPS) is 23.7. The van der Waals surface area contributed by atoms with Crippen LogP contribution in [0, 0.1) is 3.57 Å². The number of nitrogens with zero attached hydrogens (tertiary/aromatic N) is 3. The first-order chi connectivity index (χ1) is 13.5. The lowest BCUT2D eigenvalue weighted by molar-refractivity contribution is 0.206. The monoisotopic (exact) mass is 486 g/mol. The van der Waals surface area contributed by atoms with E-state index in [2.05, 4.69) is 112 Å². The molecule has 28 heavy (non-hydrogen) atoms. The van der Waals surface area contributed by atoms with E-state index < -0.39 is 0 Å². The van der Waals surface area contributed by atoms with E-state index in [0.717, 1.165) is 25.3 Å². The van der Waals surface area contributed by atoms with Crippen LogP contribution >= 0.6 is 22.6 Å². The molecule has 2 atom stereocenters. The number of halogens is 1. The minimum absolute atomic E-state index is 0.529. The van der Waals surface area contributed by atoms with Crippen LogP contribution in [-0.2, 0) is 0 Å². The highest BCUT2D eigenvalue weighted by atomic mass is 127. The summed E-state index contributed by atoms with van der Waals surface area (Å²) in [7, 11) is 2.22. The average Bonchev–Trinajstić information content (AvgIpc) is 2.69. The highest BCUT2D eigenvalue weighted by Crippen LogP contribution is 2.26. The second-order valence-corrected chi connectivity index (χ2v) is 9.10. The van der Waals surface area contributed by atoms with Crippen LogP contribution in [0.25, 0.3) is 5.57 Å². The van der Waals surface area contributed by atoms with Crippen LogP contribution in [0.2, 0.25) is 0 Å². The van der Waals surface area contributed by atoms with Crippen LogP contribution < -0.4 is 10.2 Å². The van der Waals surface area contributed by atoms with Gasteiger partial charge in [-0.1, -0.05) is 6.07 Å². The number of piperazine rings is 1. The maximum absolute atomic E-state index is 4.49. The van der Waals surface area contributed by atoms with Crippen molar-refractivity contribution in [2.75, 3.05) is 36.9 Å². The van der Waals surface area contributed by atoms with Crippen molar-refractivity contribution in [1.29, 1.82) is 0 Å². The molecule has 1 saturated heterocycles. The highest BCUT2D eigenvalue weighted by molar-refractivity contribution is 14.1. The highest BCUT2D eigenvalue weighted by Gasteiger charge is 2.26. The van der Waals surface area contributed by atoms with Crippen LogP contribution in [0.15, 0.2) is 53.7 Å². The summed E-state index contributed by atoms with van der Waals surface area (Å²) < 4.78 is 1.25. The van der Waals surface area contributed by atoms with E-state index in [1.54, 1.807) is 0 Å². The molecule has 0 spiro atoms. The number of hydrogen-bond donors (Lipinski definition) is 1. The van der Waals surface area contributed by atoms with Gasteiger partial charge in [0.15, 0.2) is 0 Å². The summed E-state index contributed by atoms with van der Waals surface area (Å²) in [6.45, 7) is 7.50. The summed E-state index contributed by atoms with van der Waals surface area (Å²) in [5.41, 5.74) is 6.08. The smallest absolute Gasteiger partial charge is 0.0660 e. The fraction of sp³-hybridized carbons (Fsp3) is 0.348. The number of nitrogens with one attached hydrogen (secondary N) is 1. The summed E-state index contributed by atoms with van der Waals surface area (Å²) in [5.74, 6) is 0. The van der Waals surface area contributed by atoms with Gasteiger partial charge in [-0.15, -0.1) is 0 Å². The van der Waals surface area contributed by atoms with Gasteiger partial charge in [0.25, 0.3) is 0 Å². The van der Waals surface area contributed by atoms with Crippen molar-refractivity contribution in [2.24, 2.45) is 4.99 Å². The van der Waals surface area contributed by atoms with Gasteiger partial charge in [-0.05, 0) is 96.6 Å². The Kier molecular flexibility index (Phi) is 5.73. The lowest BCUT2D eigenvalue weighted by Crippen LogP contribution is -2.55. The number of benzene rings is 2. The van der Waals surface area contributed by atoms with E-state index in [1.807, 2.05) is 6.21 Å². The lowest BCUT2D eigenvalue weighted by atomic mass is 9.99. The second kappa shape index (κ2) is 8.25. The molecule has 2 aliphatic rings. The number of rotatable bonds is 3. The third kappa shape index (κ3) is 4.10. The first-order valence-corrected chi connectivity index (χ1v) is 10.9. The Labute approximate surface area is 181 Å². The van der Waals surface area contributed by atoms with Crippen LogP contribution in [0.4, 0.5) is 11.4 Å². The topological polar surface area (TPSA) is 30.9 Å². The van der Waals surface area contributed by atoms with Crippen molar-refractivity contribution in [3.05, 3.63) is 63.4 Å². The summed E-state index contributed by atoms with van der Waals surface area (Å²) in [5, 5.41) is 3.47. The molecule has 0 amide bonds. The molecular formula is C23H27IN4. The Morgan fingerprint density at radius 1 is 1.07 bits per heavy atom. The number of likely N-dealkylation sites (N-methyl/N-ethyl adjacent to an activating group) is 1. The summed E-state index contributed by atoms with van der Waals surface area (Å²) in [6, 6.07) is 16.4. The molecule has 2 heterocycles. The number of fused-ring (bicyclic) bond motifs is 1. The minimum Gasteiger partial charge on any atom is -0.366 e. The molecule has 4 nitrogen and oxygen atoms in total. The van der Waals surface area contributed by atoms with Crippen molar-refractivity contribution in [1.82, 2.24) is 4.90 Å². The Balaban J connectivity index is 1.48. The summed E-state index contributed by atoms with van der Waals surface area (Å²) in [6.07, 6.45) is 4.07. The molecule has 2 aromatic rings. The first-order valence-electron chi connectivity index (χ1n) is 9.83. The zero-order valence-electron chi connectivity index (χ0n) is 16.7.